The van der Waals surface area contributed by atoms with E-state index < -0.39 is 23.3 Å². The zero-order valence-electron chi connectivity index (χ0n) is 10.2. The van der Waals surface area contributed by atoms with Crippen molar-refractivity contribution in [3.63, 3.8) is 0 Å². The van der Waals surface area contributed by atoms with Gasteiger partial charge in [0.25, 0.3) is 0 Å². The van der Waals surface area contributed by atoms with Crippen molar-refractivity contribution in [1.29, 1.82) is 0 Å². The number of nitrogens with one attached hydrogen (secondary N) is 1. The molecule has 3 rings (SSSR count). The zero-order chi connectivity index (χ0) is 13.6. The van der Waals surface area contributed by atoms with Crippen molar-refractivity contribution in [2.45, 2.75) is 24.8 Å². The molecule has 2 atom stereocenters. The summed E-state index contributed by atoms with van der Waals surface area (Å²) in [4.78, 5) is 22.7. The second-order valence-corrected chi connectivity index (χ2v) is 5.34. The number of carboxylic acid groups (broad SMARTS) is 1. The first-order chi connectivity index (χ1) is 9.03. The number of benzene rings is 1. The van der Waals surface area contributed by atoms with Crippen LogP contribution in [0.3, 0.4) is 0 Å². The number of halogens is 1. The van der Waals surface area contributed by atoms with Gasteiger partial charge < -0.3 is 10.4 Å². The van der Waals surface area contributed by atoms with E-state index in [1.807, 2.05) is 0 Å². The molecule has 4 nitrogen and oxygen atoms in total. The summed E-state index contributed by atoms with van der Waals surface area (Å²) in [6, 6.07) is 6.39. The van der Waals surface area contributed by atoms with Crippen molar-refractivity contribution < 1.29 is 19.1 Å². The molecule has 1 aromatic carbocycles. The molecule has 2 aliphatic rings. The second-order valence-electron chi connectivity index (χ2n) is 5.34. The first kappa shape index (κ1) is 12.1. The number of hydrogen-bond donors (Lipinski definition) is 2. The molecule has 1 aromatic rings. The molecular weight excluding hydrogens is 249 g/mol. The number of rotatable bonds is 4. The molecule has 0 aromatic heterocycles. The number of amides is 1. The van der Waals surface area contributed by atoms with Gasteiger partial charge in [0, 0.05) is 5.56 Å². The summed E-state index contributed by atoms with van der Waals surface area (Å²) in [6.07, 6.45) is 1.78. The van der Waals surface area contributed by atoms with Gasteiger partial charge in [0.1, 0.15) is 5.82 Å². The molecule has 0 unspecified atom stereocenters. The normalized spacial score (nSPS) is 26.6. The van der Waals surface area contributed by atoms with Crippen molar-refractivity contribution in [3.8, 4) is 0 Å². The highest BCUT2D eigenvalue weighted by atomic mass is 19.1. The van der Waals surface area contributed by atoms with Gasteiger partial charge in [-0.2, -0.15) is 0 Å². The Labute approximate surface area is 109 Å². The topological polar surface area (TPSA) is 66.4 Å². The number of carbonyl (C=O) groups is 2. The lowest BCUT2D eigenvalue weighted by Gasteiger charge is -2.18. The third kappa shape index (κ3) is 2.09. The average molecular weight is 263 g/mol. The van der Waals surface area contributed by atoms with Gasteiger partial charge in [-0.05, 0) is 25.3 Å². The second kappa shape index (κ2) is 4.05. The minimum atomic E-state index is -0.934. The molecule has 2 saturated carbocycles. The highest BCUT2D eigenvalue weighted by Gasteiger charge is 2.53. The number of hydrogen-bond acceptors (Lipinski definition) is 2. The molecule has 0 saturated heterocycles. The summed E-state index contributed by atoms with van der Waals surface area (Å²) >= 11 is 0. The standard InChI is InChI=1S/C14H14FNO3/c15-11-4-2-1-3-10(11)14(5-6-14)16-12(17)8-7-9(8)13(18)19/h1-4,8-9H,5-7H2,(H,16,17)(H,18,19)/t8-,9+/m1/s1. The fourth-order valence-corrected chi connectivity index (χ4v) is 2.52. The van der Waals surface area contributed by atoms with Crippen LogP contribution >= 0.6 is 0 Å². The van der Waals surface area contributed by atoms with Crippen LogP contribution in [0.5, 0.6) is 0 Å². The van der Waals surface area contributed by atoms with Gasteiger partial charge in [0.05, 0.1) is 17.4 Å². The highest BCUT2D eigenvalue weighted by molar-refractivity contribution is 5.90. The van der Waals surface area contributed by atoms with E-state index >= 15 is 0 Å². The Morgan fingerprint density at radius 3 is 2.47 bits per heavy atom. The number of aliphatic carboxylic acids is 1. The van der Waals surface area contributed by atoms with Gasteiger partial charge in [-0.25, -0.2) is 4.39 Å². The first-order valence-corrected chi connectivity index (χ1v) is 6.33. The largest absolute Gasteiger partial charge is 0.481 e. The molecule has 5 heteroatoms. The molecule has 0 radical (unpaired) electrons. The lowest BCUT2D eigenvalue weighted by molar-refractivity contribution is -0.140. The van der Waals surface area contributed by atoms with Gasteiger partial charge >= 0.3 is 5.97 Å². The van der Waals surface area contributed by atoms with E-state index in [2.05, 4.69) is 5.32 Å². The monoisotopic (exact) mass is 263 g/mol. The summed E-state index contributed by atoms with van der Waals surface area (Å²) in [5.74, 6) is -2.56. The molecule has 0 spiro atoms. The summed E-state index contributed by atoms with van der Waals surface area (Å²) < 4.78 is 13.8. The van der Waals surface area contributed by atoms with Gasteiger partial charge in [0.15, 0.2) is 0 Å². The molecule has 0 bridgehead atoms. The van der Waals surface area contributed by atoms with E-state index in [1.165, 1.54) is 6.07 Å². The number of carbonyl (C=O) groups excluding carboxylic acids is 1. The molecule has 0 heterocycles. The highest BCUT2D eigenvalue weighted by Crippen LogP contribution is 2.48. The van der Waals surface area contributed by atoms with Crippen LogP contribution in [-0.4, -0.2) is 17.0 Å². The van der Waals surface area contributed by atoms with Crippen LogP contribution in [0.1, 0.15) is 24.8 Å². The smallest absolute Gasteiger partial charge is 0.307 e. The van der Waals surface area contributed by atoms with Crippen molar-refractivity contribution in [2.75, 3.05) is 0 Å². The molecule has 19 heavy (non-hydrogen) atoms. The van der Waals surface area contributed by atoms with E-state index in [9.17, 15) is 14.0 Å². The Hall–Kier alpha value is -1.91. The zero-order valence-corrected chi connectivity index (χ0v) is 10.2. The maximum atomic E-state index is 13.8. The Morgan fingerprint density at radius 2 is 1.95 bits per heavy atom. The van der Waals surface area contributed by atoms with Crippen LogP contribution in [0.4, 0.5) is 4.39 Å². The molecule has 2 aliphatic carbocycles. The van der Waals surface area contributed by atoms with Crippen molar-refractivity contribution in [3.05, 3.63) is 35.6 Å². The van der Waals surface area contributed by atoms with Crippen LogP contribution in [0, 0.1) is 17.7 Å². The van der Waals surface area contributed by atoms with E-state index in [1.54, 1.807) is 18.2 Å². The average Bonchev–Trinajstić information content (AvgIpc) is 3.24. The Kier molecular flexibility index (Phi) is 2.59. The minimum Gasteiger partial charge on any atom is -0.481 e. The summed E-state index contributed by atoms with van der Waals surface area (Å²) in [6.45, 7) is 0. The van der Waals surface area contributed by atoms with Crippen molar-refractivity contribution in [2.24, 2.45) is 11.8 Å². The van der Waals surface area contributed by atoms with E-state index in [4.69, 9.17) is 5.11 Å². The lowest BCUT2D eigenvalue weighted by atomic mass is 10.0. The quantitative estimate of drug-likeness (QED) is 0.868. The van der Waals surface area contributed by atoms with Crippen LogP contribution in [0.2, 0.25) is 0 Å². The van der Waals surface area contributed by atoms with E-state index in [0.29, 0.717) is 24.8 Å². The maximum Gasteiger partial charge on any atom is 0.307 e. The summed E-state index contributed by atoms with van der Waals surface area (Å²) in [5, 5.41) is 11.6. The number of carboxylic acids is 1. The molecule has 2 N–H and O–H groups in total. The molecule has 2 fully saturated rings. The van der Waals surface area contributed by atoms with Crippen molar-refractivity contribution in [1.82, 2.24) is 5.32 Å². The van der Waals surface area contributed by atoms with E-state index in [0.717, 1.165) is 0 Å². The lowest BCUT2D eigenvalue weighted by Crippen LogP contribution is -2.37. The maximum absolute atomic E-state index is 13.8. The Morgan fingerprint density at radius 1 is 1.26 bits per heavy atom. The van der Waals surface area contributed by atoms with Crippen LogP contribution in [-0.2, 0) is 15.1 Å². The van der Waals surface area contributed by atoms with Gasteiger partial charge in [-0.1, -0.05) is 18.2 Å². The first-order valence-electron chi connectivity index (χ1n) is 6.33. The third-order valence-corrected chi connectivity index (χ3v) is 3.95. The predicted molar refractivity (Wildman–Crippen MR) is 64.7 cm³/mol. The van der Waals surface area contributed by atoms with Crippen LogP contribution in [0.25, 0.3) is 0 Å². The fraction of sp³-hybridized carbons (Fsp3) is 0.429. The predicted octanol–water partition coefficient (Wildman–Crippen LogP) is 1.65. The van der Waals surface area contributed by atoms with Crippen LogP contribution < -0.4 is 5.32 Å². The Bertz CT molecular complexity index is 553. The van der Waals surface area contributed by atoms with E-state index in [-0.39, 0.29) is 11.7 Å². The summed E-state index contributed by atoms with van der Waals surface area (Å²) in [5.41, 5.74) is -0.121. The molecular formula is C14H14FNO3. The molecule has 0 aliphatic heterocycles. The molecule has 1 amide bonds. The third-order valence-electron chi connectivity index (χ3n) is 3.95. The molecule has 100 valence electrons. The van der Waals surface area contributed by atoms with Crippen LogP contribution in [0.15, 0.2) is 24.3 Å². The van der Waals surface area contributed by atoms with Gasteiger partial charge in [-0.15, -0.1) is 0 Å². The Balaban J connectivity index is 1.72. The van der Waals surface area contributed by atoms with Crippen molar-refractivity contribution >= 4 is 11.9 Å². The minimum absolute atomic E-state index is 0.270. The fourth-order valence-electron chi connectivity index (χ4n) is 2.52. The SMILES string of the molecule is O=C(O)[C@H]1C[C@H]1C(=O)NC1(c2ccccc2F)CC1. The summed E-state index contributed by atoms with van der Waals surface area (Å²) in [7, 11) is 0. The van der Waals surface area contributed by atoms with Gasteiger partial charge in [0.2, 0.25) is 5.91 Å². The van der Waals surface area contributed by atoms with Gasteiger partial charge in [-0.3, -0.25) is 9.59 Å².